The fourth-order valence-corrected chi connectivity index (χ4v) is 2.11. The van der Waals surface area contributed by atoms with Crippen LogP contribution in [-0.2, 0) is 9.47 Å². The maximum absolute atomic E-state index is 13.1. The zero-order valence-corrected chi connectivity index (χ0v) is 12.9. The zero-order chi connectivity index (χ0) is 17.0. The average Bonchev–Trinajstić information content (AvgIpc) is 2.94. The number of furan rings is 1. The van der Waals surface area contributed by atoms with Gasteiger partial charge in [-0.15, -0.1) is 0 Å². The molecule has 2 rings (SSSR count). The Balaban J connectivity index is 2.70. The van der Waals surface area contributed by atoms with Crippen LogP contribution in [0.25, 0.3) is 11.3 Å². The number of esters is 2. The molecule has 0 amide bonds. The van der Waals surface area contributed by atoms with Crippen molar-refractivity contribution in [1.29, 1.82) is 0 Å². The number of carbonyl (C=O) groups excluding carboxylic acids is 2. The van der Waals surface area contributed by atoms with Gasteiger partial charge in [0.05, 0.1) is 19.9 Å². The molecule has 0 unspecified atom stereocenters. The zero-order valence-electron chi connectivity index (χ0n) is 12.9. The van der Waals surface area contributed by atoms with E-state index in [0.29, 0.717) is 17.8 Å². The first-order valence-electron chi connectivity index (χ1n) is 6.86. The van der Waals surface area contributed by atoms with Crippen LogP contribution < -0.4 is 5.32 Å². The van der Waals surface area contributed by atoms with Crippen LogP contribution in [0.2, 0.25) is 0 Å². The van der Waals surface area contributed by atoms with Gasteiger partial charge in [-0.05, 0) is 31.2 Å². The molecule has 0 bridgehead atoms. The van der Waals surface area contributed by atoms with Crippen molar-refractivity contribution in [3.05, 3.63) is 41.4 Å². The minimum atomic E-state index is -0.807. The lowest BCUT2D eigenvalue weighted by molar-refractivity contribution is 0.0529. The van der Waals surface area contributed by atoms with Crippen LogP contribution >= 0.6 is 0 Å². The van der Waals surface area contributed by atoms with Crippen LogP contribution in [0, 0.1) is 5.82 Å². The summed E-state index contributed by atoms with van der Waals surface area (Å²) in [5.74, 6) is -2.00. The number of anilines is 1. The molecule has 0 saturated carbocycles. The fraction of sp³-hybridized carbons (Fsp3) is 0.250. The first-order valence-corrected chi connectivity index (χ1v) is 6.86. The Labute approximate surface area is 132 Å². The molecule has 1 heterocycles. The van der Waals surface area contributed by atoms with Gasteiger partial charge in [0.2, 0.25) is 5.76 Å². The second-order valence-corrected chi connectivity index (χ2v) is 4.53. The molecule has 122 valence electrons. The van der Waals surface area contributed by atoms with Crippen LogP contribution in [0.1, 0.15) is 27.8 Å². The lowest BCUT2D eigenvalue weighted by Gasteiger charge is -2.06. The Bertz CT molecular complexity index is 721. The highest BCUT2D eigenvalue weighted by Crippen LogP contribution is 2.37. The van der Waals surface area contributed by atoms with Gasteiger partial charge in [-0.25, -0.2) is 14.0 Å². The van der Waals surface area contributed by atoms with Crippen LogP contribution in [0.4, 0.5) is 10.1 Å². The lowest BCUT2D eigenvalue weighted by atomic mass is 10.1. The van der Waals surface area contributed by atoms with E-state index in [1.807, 2.05) is 6.92 Å². The first kappa shape index (κ1) is 16.5. The summed E-state index contributed by atoms with van der Waals surface area (Å²) in [4.78, 5) is 24.0. The van der Waals surface area contributed by atoms with Crippen LogP contribution in [0.15, 0.2) is 28.7 Å². The summed E-state index contributed by atoms with van der Waals surface area (Å²) in [5, 5.41) is 2.98. The molecule has 0 aliphatic carbocycles. The summed E-state index contributed by atoms with van der Waals surface area (Å²) in [5.41, 5.74) is 0.745. The Morgan fingerprint density at radius 1 is 1.13 bits per heavy atom. The third-order valence-corrected chi connectivity index (χ3v) is 3.13. The molecule has 0 aliphatic rings. The average molecular weight is 321 g/mol. The molecular weight excluding hydrogens is 305 g/mol. The lowest BCUT2D eigenvalue weighted by Crippen LogP contribution is -2.12. The molecule has 7 heteroatoms. The van der Waals surface area contributed by atoms with Gasteiger partial charge in [-0.1, -0.05) is 0 Å². The van der Waals surface area contributed by atoms with Crippen molar-refractivity contribution in [2.45, 2.75) is 6.92 Å². The number of carbonyl (C=O) groups is 2. The number of nitrogens with one attached hydrogen (secondary N) is 1. The second kappa shape index (κ2) is 6.95. The Morgan fingerprint density at radius 3 is 2.26 bits per heavy atom. The number of rotatable bonds is 5. The molecule has 1 N–H and O–H groups in total. The minimum Gasteiger partial charge on any atom is -0.465 e. The smallest absolute Gasteiger partial charge is 0.374 e. The number of methoxy groups -OCH3 is 2. The summed E-state index contributed by atoms with van der Waals surface area (Å²) in [6.07, 6.45) is 0. The van der Waals surface area contributed by atoms with E-state index in [-0.39, 0.29) is 17.1 Å². The Kier molecular flexibility index (Phi) is 5.00. The predicted molar refractivity (Wildman–Crippen MR) is 80.9 cm³/mol. The van der Waals surface area contributed by atoms with Gasteiger partial charge in [0.1, 0.15) is 11.4 Å². The molecule has 0 spiro atoms. The highest BCUT2D eigenvalue weighted by Gasteiger charge is 2.31. The van der Waals surface area contributed by atoms with Gasteiger partial charge < -0.3 is 19.2 Å². The molecule has 23 heavy (non-hydrogen) atoms. The molecule has 2 aromatic rings. The highest BCUT2D eigenvalue weighted by atomic mass is 19.1. The molecule has 0 saturated heterocycles. The van der Waals surface area contributed by atoms with Gasteiger partial charge in [-0.2, -0.15) is 0 Å². The van der Waals surface area contributed by atoms with E-state index in [2.05, 4.69) is 10.1 Å². The van der Waals surface area contributed by atoms with Gasteiger partial charge in [0, 0.05) is 12.1 Å². The van der Waals surface area contributed by atoms with Crippen LogP contribution in [0.5, 0.6) is 0 Å². The maximum Gasteiger partial charge on any atom is 0.374 e. The summed E-state index contributed by atoms with van der Waals surface area (Å²) < 4.78 is 28.0. The van der Waals surface area contributed by atoms with E-state index >= 15 is 0 Å². The second-order valence-electron chi connectivity index (χ2n) is 4.53. The summed E-state index contributed by atoms with van der Waals surface area (Å²) in [7, 11) is 2.38. The summed E-state index contributed by atoms with van der Waals surface area (Å²) in [6, 6.07) is 5.47. The molecule has 6 nitrogen and oxygen atoms in total. The van der Waals surface area contributed by atoms with Crippen molar-refractivity contribution < 1.29 is 27.9 Å². The standard InChI is InChI=1S/C16H16FNO5/c1-4-18-12-11(15(19)21-2)14(16(20)22-3)23-13(12)9-5-7-10(17)8-6-9/h5-8,18H,4H2,1-3H3. The van der Waals surface area contributed by atoms with Crippen molar-refractivity contribution in [3.8, 4) is 11.3 Å². The molecule has 1 aromatic heterocycles. The number of hydrogen-bond donors (Lipinski definition) is 1. The summed E-state index contributed by atoms with van der Waals surface area (Å²) >= 11 is 0. The van der Waals surface area contributed by atoms with Gasteiger partial charge in [-0.3, -0.25) is 0 Å². The molecule has 0 atom stereocenters. The monoisotopic (exact) mass is 321 g/mol. The Hall–Kier alpha value is -2.83. The summed E-state index contributed by atoms with van der Waals surface area (Å²) in [6.45, 7) is 2.29. The van der Waals surface area contributed by atoms with Crippen molar-refractivity contribution in [2.75, 3.05) is 26.1 Å². The molecule has 1 aromatic carbocycles. The third kappa shape index (κ3) is 3.18. The van der Waals surface area contributed by atoms with Gasteiger partial charge in [0.25, 0.3) is 0 Å². The van der Waals surface area contributed by atoms with Crippen LogP contribution in [0.3, 0.4) is 0 Å². The molecule has 0 fully saturated rings. The van der Waals surface area contributed by atoms with Gasteiger partial charge in [0.15, 0.2) is 5.76 Å². The SMILES string of the molecule is CCNc1c(-c2ccc(F)cc2)oc(C(=O)OC)c1C(=O)OC. The van der Waals surface area contributed by atoms with E-state index in [1.165, 1.54) is 38.5 Å². The van der Waals surface area contributed by atoms with Crippen molar-refractivity contribution in [2.24, 2.45) is 0 Å². The Morgan fingerprint density at radius 2 is 1.74 bits per heavy atom. The fourth-order valence-electron chi connectivity index (χ4n) is 2.11. The van der Waals surface area contributed by atoms with Crippen LogP contribution in [-0.4, -0.2) is 32.7 Å². The van der Waals surface area contributed by atoms with E-state index < -0.39 is 17.8 Å². The van der Waals surface area contributed by atoms with E-state index in [9.17, 15) is 14.0 Å². The number of ether oxygens (including phenoxy) is 2. The number of halogens is 1. The maximum atomic E-state index is 13.1. The van der Waals surface area contributed by atoms with Gasteiger partial charge >= 0.3 is 11.9 Å². The minimum absolute atomic E-state index is 0.0551. The molecule has 0 radical (unpaired) electrons. The topological polar surface area (TPSA) is 77.8 Å². The quantitative estimate of drug-likeness (QED) is 0.853. The number of benzene rings is 1. The first-order chi connectivity index (χ1) is 11.0. The normalized spacial score (nSPS) is 10.3. The van der Waals surface area contributed by atoms with E-state index in [0.717, 1.165) is 0 Å². The van der Waals surface area contributed by atoms with Crippen molar-refractivity contribution >= 4 is 17.6 Å². The largest absolute Gasteiger partial charge is 0.465 e. The molecular formula is C16H16FNO5. The van der Waals surface area contributed by atoms with E-state index in [4.69, 9.17) is 9.15 Å². The van der Waals surface area contributed by atoms with Crippen molar-refractivity contribution in [3.63, 3.8) is 0 Å². The molecule has 0 aliphatic heterocycles. The predicted octanol–water partition coefficient (Wildman–Crippen LogP) is 3.09. The van der Waals surface area contributed by atoms with Crippen molar-refractivity contribution in [1.82, 2.24) is 0 Å². The number of hydrogen-bond acceptors (Lipinski definition) is 6. The third-order valence-electron chi connectivity index (χ3n) is 3.13. The highest BCUT2D eigenvalue weighted by molar-refractivity contribution is 6.08. The van der Waals surface area contributed by atoms with E-state index in [1.54, 1.807) is 0 Å².